The zero-order valence-corrected chi connectivity index (χ0v) is 9.36. The number of aromatic nitrogens is 3. The van der Waals surface area contributed by atoms with E-state index in [0.717, 1.165) is 30.4 Å². The molecule has 0 aliphatic carbocycles. The van der Waals surface area contributed by atoms with E-state index in [1.165, 1.54) is 4.57 Å². The molecule has 0 atom stereocenters. The van der Waals surface area contributed by atoms with Crippen LogP contribution in [-0.4, -0.2) is 33.6 Å². The molecule has 0 bridgehead atoms. The monoisotopic (exact) mass is 216 g/mol. The van der Waals surface area contributed by atoms with Gasteiger partial charge in [-0.1, -0.05) is 18.7 Å². The predicted molar refractivity (Wildman–Crippen MR) is 57.7 cm³/mol. The lowest BCUT2D eigenvalue weighted by atomic mass is 10.5. The van der Waals surface area contributed by atoms with Crippen molar-refractivity contribution in [3.05, 3.63) is 10.5 Å². The summed E-state index contributed by atoms with van der Waals surface area (Å²) in [6.07, 6.45) is 1.14. The van der Waals surface area contributed by atoms with Gasteiger partial charge < -0.3 is 5.32 Å². The topological polar surface area (TPSA) is 62.7 Å². The Labute approximate surface area is 87.3 Å². The lowest BCUT2D eigenvalue weighted by molar-refractivity contribution is 0.705. The molecular formula is C8H16N4OS. The third-order valence-electron chi connectivity index (χ3n) is 1.78. The molecule has 0 aliphatic rings. The van der Waals surface area contributed by atoms with E-state index in [9.17, 15) is 4.79 Å². The van der Waals surface area contributed by atoms with E-state index in [1.54, 1.807) is 18.8 Å². The van der Waals surface area contributed by atoms with Crippen LogP contribution in [0, 0.1) is 0 Å². The first-order chi connectivity index (χ1) is 6.75. The van der Waals surface area contributed by atoms with E-state index in [4.69, 9.17) is 0 Å². The smallest absolute Gasteiger partial charge is 0.316 e. The summed E-state index contributed by atoms with van der Waals surface area (Å²) in [7, 11) is 1.72. The minimum absolute atomic E-state index is 0.158. The van der Waals surface area contributed by atoms with Crippen LogP contribution in [0.2, 0.25) is 0 Å². The zero-order valence-electron chi connectivity index (χ0n) is 8.54. The standard InChI is InChI=1S/C8H16N4OS/c1-3-4-9-5-6-14-8-11-10-7(13)12(8)2/h9H,3-6H2,1-2H3,(H,10,13). The van der Waals surface area contributed by atoms with Crippen LogP contribution in [0.25, 0.3) is 0 Å². The highest BCUT2D eigenvalue weighted by Gasteiger charge is 2.02. The highest BCUT2D eigenvalue weighted by atomic mass is 32.2. The third-order valence-corrected chi connectivity index (χ3v) is 2.81. The second-order valence-corrected chi connectivity index (χ2v) is 4.03. The summed E-state index contributed by atoms with van der Waals surface area (Å²) < 4.78 is 1.52. The SMILES string of the molecule is CCCNCCSc1n[nH]c(=O)n1C. The molecule has 0 spiro atoms. The van der Waals surface area contributed by atoms with Crippen LogP contribution >= 0.6 is 11.8 Å². The number of H-pyrrole nitrogens is 1. The number of nitrogens with zero attached hydrogens (tertiary/aromatic N) is 2. The van der Waals surface area contributed by atoms with Gasteiger partial charge in [-0.2, -0.15) is 0 Å². The minimum atomic E-state index is -0.158. The maximum absolute atomic E-state index is 11.0. The van der Waals surface area contributed by atoms with Crippen molar-refractivity contribution in [3.8, 4) is 0 Å². The second kappa shape index (κ2) is 5.87. The Bertz CT molecular complexity index is 319. The Morgan fingerprint density at radius 2 is 2.36 bits per heavy atom. The molecule has 0 saturated carbocycles. The highest BCUT2D eigenvalue weighted by Crippen LogP contribution is 2.09. The molecule has 14 heavy (non-hydrogen) atoms. The Morgan fingerprint density at radius 3 is 2.93 bits per heavy atom. The Balaban J connectivity index is 2.25. The van der Waals surface area contributed by atoms with Gasteiger partial charge in [0, 0.05) is 19.3 Å². The molecule has 1 aromatic rings. The van der Waals surface area contributed by atoms with Crippen LogP contribution in [-0.2, 0) is 7.05 Å². The summed E-state index contributed by atoms with van der Waals surface area (Å²) in [5.41, 5.74) is -0.158. The second-order valence-electron chi connectivity index (χ2n) is 2.97. The van der Waals surface area contributed by atoms with Gasteiger partial charge in [0.2, 0.25) is 0 Å². The first-order valence-electron chi connectivity index (χ1n) is 4.70. The molecule has 1 aromatic heterocycles. The molecule has 1 rings (SSSR count). The van der Waals surface area contributed by atoms with Crippen molar-refractivity contribution >= 4 is 11.8 Å². The fourth-order valence-electron chi connectivity index (χ4n) is 0.978. The van der Waals surface area contributed by atoms with E-state index in [1.807, 2.05) is 0 Å². The fourth-order valence-corrected chi connectivity index (χ4v) is 1.79. The Morgan fingerprint density at radius 1 is 1.57 bits per heavy atom. The molecule has 1 heterocycles. The van der Waals surface area contributed by atoms with Crippen LogP contribution in [0.1, 0.15) is 13.3 Å². The maximum atomic E-state index is 11.0. The molecule has 0 amide bonds. The van der Waals surface area contributed by atoms with Gasteiger partial charge in [0.05, 0.1) is 0 Å². The molecule has 0 unspecified atom stereocenters. The zero-order chi connectivity index (χ0) is 10.4. The van der Waals surface area contributed by atoms with E-state index < -0.39 is 0 Å². The summed E-state index contributed by atoms with van der Waals surface area (Å²) >= 11 is 1.58. The first-order valence-corrected chi connectivity index (χ1v) is 5.69. The largest absolute Gasteiger partial charge is 0.343 e. The van der Waals surface area contributed by atoms with Crippen molar-refractivity contribution in [2.45, 2.75) is 18.5 Å². The highest BCUT2D eigenvalue weighted by molar-refractivity contribution is 7.99. The number of nitrogens with one attached hydrogen (secondary N) is 2. The summed E-state index contributed by atoms with van der Waals surface area (Å²) in [5.74, 6) is 0.929. The van der Waals surface area contributed by atoms with Crippen molar-refractivity contribution in [3.63, 3.8) is 0 Å². The van der Waals surface area contributed by atoms with Crippen molar-refractivity contribution in [2.75, 3.05) is 18.8 Å². The Hall–Kier alpha value is -0.750. The molecule has 2 N–H and O–H groups in total. The van der Waals surface area contributed by atoms with E-state index in [0.29, 0.717) is 0 Å². The van der Waals surface area contributed by atoms with Crippen molar-refractivity contribution < 1.29 is 0 Å². The summed E-state index contributed by atoms with van der Waals surface area (Å²) in [6.45, 7) is 4.12. The summed E-state index contributed by atoms with van der Waals surface area (Å²) in [4.78, 5) is 11.0. The third kappa shape index (κ3) is 3.19. The number of hydrogen-bond donors (Lipinski definition) is 2. The lowest BCUT2D eigenvalue weighted by Gasteiger charge is -2.01. The molecule has 0 radical (unpaired) electrons. The van der Waals surface area contributed by atoms with Gasteiger partial charge in [-0.25, -0.2) is 9.89 Å². The molecule has 80 valence electrons. The predicted octanol–water partition coefficient (Wildman–Crippen LogP) is 0.200. The number of aromatic amines is 1. The molecule has 0 aromatic carbocycles. The van der Waals surface area contributed by atoms with Gasteiger partial charge >= 0.3 is 5.69 Å². The first kappa shape index (κ1) is 11.3. The average Bonchev–Trinajstić information content (AvgIpc) is 2.49. The normalized spacial score (nSPS) is 10.7. The van der Waals surface area contributed by atoms with Crippen LogP contribution in [0.4, 0.5) is 0 Å². The van der Waals surface area contributed by atoms with Gasteiger partial charge in [-0.05, 0) is 13.0 Å². The van der Waals surface area contributed by atoms with Crippen LogP contribution < -0.4 is 11.0 Å². The quantitative estimate of drug-likeness (QED) is 0.527. The summed E-state index contributed by atoms with van der Waals surface area (Å²) in [5, 5.41) is 10.3. The van der Waals surface area contributed by atoms with Crippen LogP contribution in [0.5, 0.6) is 0 Å². The molecule has 5 nitrogen and oxygen atoms in total. The van der Waals surface area contributed by atoms with Gasteiger partial charge in [-0.15, -0.1) is 5.10 Å². The lowest BCUT2D eigenvalue weighted by Crippen LogP contribution is -2.18. The van der Waals surface area contributed by atoms with Crippen LogP contribution in [0.15, 0.2) is 9.95 Å². The van der Waals surface area contributed by atoms with E-state index in [2.05, 4.69) is 22.4 Å². The van der Waals surface area contributed by atoms with Crippen molar-refractivity contribution in [1.29, 1.82) is 0 Å². The van der Waals surface area contributed by atoms with Crippen molar-refractivity contribution in [1.82, 2.24) is 20.1 Å². The Kier molecular flexibility index (Phi) is 4.75. The average molecular weight is 216 g/mol. The van der Waals surface area contributed by atoms with Gasteiger partial charge in [0.1, 0.15) is 0 Å². The fraction of sp³-hybridized carbons (Fsp3) is 0.750. The van der Waals surface area contributed by atoms with Gasteiger partial charge in [-0.3, -0.25) is 4.57 Å². The molecular weight excluding hydrogens is 200 g/mol. The van der Waals surface area contributed by atoms with E-state index in [-0.39, 0.29) is 5.69 Å². The summed E-state index contributed by atoms with van der Waals surface area (Å²) in [6, 6.07) is 0. The molecule has 0 aliphatic heterocycles. The van der Waals surface area contributed by atoms with Crippen LogP contribution in [0.3, 0.4) is 0 Å². The van der Waals surface area contributed by atoms with Gasteiger partial charge in [0.25, 0.3) is 0 Å². The number of rotatable bonds is 6. The number of thioether (sulfide) groups is 1. The van der Waals surface area contributed by atoms with E-state index >= 15 is 0 Å². The van der Waals surface area contributed by atoms with Crippen molar-refractivity contribution in [2.24, 2.45) is 7.05 Å². The molecule has 0 fully saturated rings. The molecule has 6 heteroatoms. The van der Waals surface area contributed by atoms with Gasteiger partial charge in [0.15, 0.2) is 5.16 Å². The minimum Gasteiger partial charge on any atom is -0.316 e. The maximum Gasteiger partial charge on any atom is 0.343 e. The number of hydrogen-bond acceptors (Lipinski definition) is 4. The molecule has 0 saturated heterocycles.